The van der Waals surface area contributed by atoms with Crippen LogP contribution >= 0.6 is 0 Å². The molecule has 5 heteroatoms. The van der Waals surface area contributed by atoms with Gasteiger partial charge in [0, 0.05) is 49.2 Å². The third-order valence-corrected chi connectivity index (χ3v) is 6.33. The molecular weight excluding hydrogens is 310 g/mol. The number of aromatic nitrogens is 3. The predicted octanol–water partition coefficient (Wildman–Crippen LogP) is 3.07. The summed E-state index contributed by atoms with van der Waals surface area (Å²) in [5.41, 5.74) is 4.16. The van der Waals surface area contributed by atoms with Crippen molar-refractivity contribution < 1.29 is 0 Å². The standard InChI is InChI=1S/C20H29N5/c1-16-6-4-7-19(22-16)24-12-9-20(10-13-24)8-5-11-25(20)15-18-14-21-23(3)17(18)2/h4,6-7,14H,5,8-13,15H2,1-3H3. The Kier molecular flexibility index (Phi) is 4.28. The summed E-state index contributed by atoms with van der Waals surface area (Å²) in [5, 5.41) is 4.43. The van der Waals surface area contributed by atoms with Gasteiger partial charge in [0.2, 0.25) is 0 Å². The van der Waals surface area contributed by atoms with Crippen LogP contribution in [-0.2, 0) is 13.6 Å². The molecule has 2 saturated heterocycles. The van der Waals surface area contributed by atoms with Crippen LogP contribution in [0.2, 0.25) is 0 Å². The average Bonchev–Trinajstić information content (AvgIpc) is 3.14. The lowest BCUT2D eigenvalue weighted by atomic mass is 9.84. The van der Waals surface area contributed by atoms with Gasteiger partial charge >= 0.3 is 0 Å². The summed E-state index contributed by atoms with van der Waals surface area (Å²) in [6.45, 7) is 8.73. The lowest BCUT2D eigenvalue weighted by Crippen LogP contribution is -2.52. The van der Waals surface area contributed by atoms with Crippen molar-refractivity contribution in [3.63, 3.8) is 0 Å². The molecule has 0 amide bonds. The highest BCUT2D eigenvalue weighted by molar-refractivity contribution is 5.40. The Morgan fingerprint density at radius 1 is 1.08 bits per heavy atom. The zero-order chi connectivity index (χ0) is 17.4. The van der Waals surface area contributed by atoms with Crippen LogP contribution in [0.15, 0.2) is 24.4 Å². The Morgan fingerprint density at radius 2 is 1.88 bits per heavy atom. The number of rotatable bonds is 3. The van der Waals surface area contributed by atoms with Crippen LogP contribution in [0.4, 0.5) is 5.82 Å². The maximum absolute atomic E-state index is 4.71. The minimum Gasteiger partial charge on any atom is -0.356 e. The van der Waals surface area contributed by atoms with E-state index in [0.29, 0.717) is 5.54 Å². The molecule has 0 atom stereocenters. The van der Waals surface area contributed by atoms with Crippen LogP contribution in [0.3, 0.4) is 0 Å². The van der Waals surface area contributed by atoms with Gasteiger partial charge in [-0.3, -0.25) is 9.58 Å². The summed E-state index contributed by atoms with van der Waals surface area (Å²) in [5.74, 6) is 1.14. The van der Waals surface area contributed by atoms with E-state index in [1.807, 2.05) is 17.9 Å². The molecule has 0 aromatic carbocycles. The van der Waals surface area contributed by atoms with E-state index in [9.17, 15) is 0 Å². The van der Waals surface area contributed by atoms with Crippen LogP contribution in [0, 0.1) is 13.8 Å². The number of hydrogen-bond donors (Lipinski definition) is 0. The molecule has 134 valence electrons. The molecule has 2 aliphatic heterocycles. The number of likely N-dealkylation sites (tertiary alicyclic amines) is 1. The van der Waals surface area contributed by atoms with Gasteiger partial charge in [0.25, 0.3) is 0 Å². The highest BCUT2D eigenvalue weighted by Crippen LogP contribution is 2.40. The van der Waals surface area contributed by atoms with E-state index in [-0.39, 0.29) is 0 Å². The van der Waals surface area contributed by atoms with E-state index in [4.69, 9.17) is 4.98 Å². The van der Waals surface area contributed by atoms with E-state index in [0.717, 1.165) is 31.1 Å². The lowest BCUT2D eigenvalue weighted by molar-refractivity contribution is 0.0994. The van der Waals surface area contributed by atoms with Crippen molar-refractivity contribution in [3.05, 3.63) is 41.3 Å². The third-order valence-electron chi connectivity index (χ3n) is 6.33. The highest BCUT2D eigenvalue weighted by atomic mass is 15.3. The van der Waals surface area contributed by atoms with Gasteiger partial charge in [-0.05, 0) is 58.2 Å². The second-order valence-electron chi connectivity index (χ2n) is 7.75. The SMILES string of the molecule is Cc1cccc(N2CCC3(CCCN3Cc3cnn(C)c3C)CC2)n1. The van der Waals surface area contributed by atoms with Crippen molar-refractivity contribution in [3.8, 4) is 0 Å². The second kappa shape index (κ2) is 6.45. The summed E-state index contributed by atoms with van der Waals surface area (Å²) in [7, 11) is 2.03. The molecular formula is C20H29N5. The van der Waals surface area contributed by atoms with Gasteiger partial charge in [0.05, 0.1) is 6.20 Å². The normalized spacial score (nSPS) is 20.5. The maximum Gasteiger partial charge on any atom is 0.128 e. The molecule has 0 radical (unpaired) electrons. The quantitative estimate of drug-likeness (QED) is 0.861. The minimum atomic E-state index is 0.378. The molecule has 4 heterocycles. The number of pyridine rings is 1. The molecule has 0 saturated carbocycles. The molecule has 4 rings (SSSR count). The molecule has 0 unspecified atom stereocenters. The van der Waals surface area contributed by atoms with Crippen molar-refractivity contribution in [2.24, 2.45) is 7.05 Å². The van der Waals surface area contributed by atoms with E-state index in [1.165, 1.54) is 43.5 Å². The van der Waals surface area contributed by atoms with Crippen molar-refractivity contribution in [2.75, 3.05) is 24.5 Å². The van der Waals surface area contributed by atoms with Gasteiger partial charge in [-0.1, -0.05) is 6.07 Å². The fourth-order valence-corrected chi connectivity index (χ4v) is 4.57. The number of piperidine rings is 1. The topological polar surface area (TPSA) is 37.2 Å². The monoisotopic (exact) mass is 339 g/mol. The van der Waals surface area contributed by atoms with Crippen LogP contribution in [-0.4, -0.2) is 44.8 Å². The maximum atomic E-state index is 4.71. The fraction of sp³-hybridized carbons (Fsp3) is 0.600. The Hall–Kier alpha value is -1.88. The van der Waals surface area contributed by atoms with Crippen LogP contribution in [0.25, 0.3) is 0 Å². The van der Waals surface area contributed by atoms with Gasteiger partial charge in [0.15, 0.2) is 0 Å². The molecule has 0 N–H and O–H groups in total. The Morgan fingerprint density at radius 3 is 2.56 bits per heavy atom. The summed E-state index contributed by atoms with van der Waals surface area (Å²) in [6, 6.07) is 6.34. The summed E-state index contributed by atoms with van der Waals surface area (Å²) in [4.78, 5) is 9.91. The largest absolute Gasteiger partial charge is 0.356 e. The molecule has 5 nitrogen and oxygen atoms in total. The van der Waals surface area contributed by atoms with Gasteiger partial charge in [-0.2, -0.15) is 5.10 Å². The number of nitrogens with zero attached hydrogens (tertiary/aromatic N) is 5. The molecule has 0 bridgehead atoms. The van der Waals surface area contributed by atoms with Gasteiger partial charge in [-0.25, -0.2) is 4.98 Å². The van der Waals surface area contributed by atoms with Crippen LogP contribution < -0.4 is 4.90 Å². The first-order valence-electron chi connectivity index (χ1n) is 9.49. The van der Waals surface area contributed by atoms with Crippen molar-refractivity contribution in [1.29, 1.82) is 0 Å². The Bertz CT molecular complexity index is 742. The Labute approximate surface area is 150 Å². The summed E-state index contributed by atoms with van der Waals surface area (Å²) >= 11 is 0. The van der Waals surface area contributed by atoms with E-state index in [2.05, 4.69) is 46.9 Å². The minimum absolute atomic E-state index is 0.378. The lowest BCUT2D eigenvalue weighted by Gasteiger charge is -2.45. The molecule has 2 fully saturated rings. The molecule has 2 aromatic rings. The first kappa shape index (κ1) is 16.6. The van der Waals surface area contributed by atoms with E-state index in [1.54, 1.807) is 0 Å². The van der Waals surface area contributed by atoms with Crippen molar-refractivity contribution >= 4 is 5.82 Å². The molecule has 0 aliphatic carbocycles. The van der Waals surface area contributed by atoms with Gasteiger partial charge in [0.1, 0.15) is 5.82 Å². The van der Waals surface area contributed by atoms with E-state index < -0.39 is 0 Å². The van der Waals surface area contributed by atoms with Gasteiger partial charge < -0.3 is 4.90 Å². The smallest absolute Gasteiger partial charge is 0.128 e. The Balaban J connectivity index is 1.46. The number of anilines is 1. The highest BCUT2D eigenvalue weighted by Gasteiger charge is 2.43. The average molecular weight is 339 g/mol. The first-order chi connectivity index (χ1) is 12.1. The molecule has 2 aliphatic rings. The van der Waals surface area contributed by atoms with Crippen LogP contribution in [0.1, 0.15) is 42.6 Å². The summed E-state index contributed by atoms with van der Waals surface area (Å²) in [6.07, 6.45) is 7.18. The zero-order valence-electron chi connectivity index (χ0n) is 15.7. The molecule has 1 spiro atoms. The van der Waals surface area contributed by atoms with Crippen LogP contribution in [0.5, 0.6) is 0 Å². The van der Waals surface area contributed by atoms with Crippen molar-refractivity contribution in [2.45, 2.75) is 51.6 Å². The number of aryl methyl sites for hydroxylation is 2. The van der Waals surface area contributed by atoms with Crippen molar-refractivity contribution in [1.82, 2.24) is 19.7 Å². The van der Waals surface area contributed by atoms with Gasteiger partial charge in [-0.15, -0.1) is 0 Å². The molecule has 25 heavy (non-hydrogen) atoms. The predicted molar refractivity (Wildman–Crippen MR) is 101 cm³/mol. The summed E-state index contributed by atoms with van der Waals surface area (Å²) < 4.78 is 1.99. The second-order valence-corrected chi connectivity index (χ2v) is 7.75. The zero-order valence-corrected chi connectivity index (χ0v) is 15.7. The third kappa shape index (κ3) is 3.06. The molecule has 2 aromatic heterocycles. The van der Waals surface area contributed by atoms with E-state index >= 15 is 0 Å². The first-order valence-corrected chi connectivity index (χ1v) is 9.49. The fourth-order valence-electron chi connectivity index (χ4n) is 4.57. The number of hydrogen-bond acceptors (Lipinski definition) is 4.